The van der Waals surface area contributed by atoms with Crippen LogP contribution in [0, 0.1) is 5.82 Å². The van der Waals surface area contributed by atoms with Crippen molar-refractivity contribution in [1.82, 2.24) is 15.1 Å². The highest BCUT2D eigenvalue weighted by Gasteiger charge is 2.29. The molecule has 8 nitrogen and oxygen atoms in total. The number of piperidine rings is 1. The summed E-state index contributed by atoms with van der Waals surface area (Å²) in [6.07, 6.45) is 1.20. The number of rotatable bonds is 4. The average molecular weight is 483 g/mol. The lowest BCUT2D eigenvalue weighted by atomic mass is 9.89. The molecular weight excluding hydrogens is 451 g/mol. The van der Waals surface area contributed by atoms with Crippen LogP contribution in [0.25, 0.3) is 0 Å². The van der Waals surface area contributed by atoms with Crippen molar-refractivity contribution in [3.63, 3.8) is 0 Å². The quantitative estimate of drug-likeness (QED) is 0.583. The monoisotopic (exact) mass is 482 g/mol. The maximum absolute atomic E-state index is 14.8. The number of likely N-dealkylation sites (tertiary alicyclic amines) is 1. The third kappa shape index (κ3) is 5.97. The fraction of sp³-hybridized carbons (Fsp3) is 0.423. The van der Waals surface area contributed by atoms with Gasteiger partial charge in [0.25, 0.3) is 0 Å². The Labute approximate surface area is 204 Å². The summed E-state index contributed by atoms with van der Waals surface area (Å²) in [6.45, 7) is 4.84. The highest BCUT2D eigenvalue weighted by molar-refractivity contribution is 6.35. The zero-order valence-electron chi connectivity index (χ0n) is 20.0. The topological polar surface area (TPSA) is 102 Å². The molecule has 1 saturated heterocycles. The number of amides is 4. The van der Waals surface area contributed by atoms with Crippen LogP contribution in [-0.4, -0.2) is 58.0 Å². The minimum absolute atomic E-state index is 0.0130. The number of nitrogens with zero attached hydrogens (tertiary/aromatic N) is 2. The lowest BCUT2D eigenvalue weighted by Gasteiger charge is -2.32. The molecule has 3 N–H and O–H groups in total. The summed E-state index contributed by atoms with van der Waals surface area (Å²) in [5.41, 5.74) is 2.02. The minimum atomic E-state index is -1.10. The predicted octanol–water partition coefficient (Wildman–Crippen LogP) is 2.97. The van der Waals surface area contributed by atoms with Gasteiger partial charge in [0.1, 0.15) is 5.82 Å². The summed E-state index contributed by atoms with van der Waals surface area (Å²) in [5.74, 6) is -1.82. The number of halogens is 1. The molecule has 2 aliphatic heterocycles. The zero-order valence-corrected chi connectivity index (χ0v) is 20.0. The minimum Gasteiger partial charge on any atom is -0.389 e. The second-order valence-electron chi connectivity index (χ2n) is 9.86. The van der Waals surface area contributed by atoms with Crippen LogP contribution in [-0.2, 0) is 22.7 Å². The van der Waals surface area contributed by atoms with Gasteiger partial charge in [-0.25, -0.2) is 9.18 Å². The van der Waals surface area contributed by atoms with Crippen molar-refractivity contribution in [2.75, 3.05) is 25.0 Å². The highest BCUT2D eigenvalue weighted by Crippen LogP contribution is 2.31. The number of benzene rings is 2. The largest absolute Gasteiger partial charge is 0.389 e. The van der Waals surface area contributed by atoms with Crippen LogP contribution in [0.5, 0.6) is 0 Å². The summed E-state index contributed by atoms with van der Waals surface area (Å²) < 4.78 is 14.8. The van der Waals surface area contributed by atoms with Gasteiger partial charge in [0.15, 0.2) is 0 Å². The molecule has 2 aromatic carbocycles. The van der Waals surface area contributed by atoms with E-state index >= 15 is 0 Å². The van der Waals surface area contributed by atoms with Gasteiger partial charge in [-0.05, 0) is 61.4 Å². The van der Waals surface area contributed by atoms with Crippen molar-refractivity contribution in [1.29, 1.82) is 0 Å². The number of aliphatic hydroxyl groups is 1. The third-order valence-electron chi connectivity index (χ3n) is 6.49. The first-order valence-corrected chi connectivity index (χ1v) is 11.8. The van der Waals surface area contributed by atoms with E-state index in [0.717, 1.165) is 16.7 Å². The summed E-state index contributed by atoms with van der Waals surface area (Å²) in [4.78, 5) is 40.2. The maximum atomic E-state index is 14.8. The summed E-state index contributed by atoms with van der Waals surface area (Å²) in [6, 6.07) is 12.3. The number of nitrogens with one attached hydrogen (secondary N) is 2. The van der Waals surface area contributed by atoms with Gasteiger partial charge in [0, 0.05) is 32.7 Å². The molecule has 186 valence electrons. The molecule has 1 fully saturated rings. The van der Waals surface area contributed by atoms with E-state index in [0.29, 0.717) is 39.0 Å². The average Bonchev–Trinajstić information content (AvgIpc) is 3.27. The Hall–Kier alpha value is -3.46. The predicted molar refractivity (Wildman–Crippen MR) is 129 cm³/mol. The molecule has 0 radical (unpaired) electrons. The van der Waals surface area contributed by atoms with E-state index in [1.165, 1.54) is 11.0 Å². The van der Waals surface area contributed by atoms with Crippen molar-refractivity contribution in [3.8, 4) is 0 Å². The Morgan fingerprint density at radius 3 is 2.23 bits per heavy atom. The van der Waals surface area contributed by atoms with E-state index in [-0.39, 0.29) is 24.2 Å². The molecule has 9 heteroatoms. The Bertz CT molecular complexity index is 1100. The van der Waals surface area contributed by atoms with Gasteiger partial charge in [0.05, 0.1) is 11.3 Å². The number of fused-ring (bicyclic) bond motifs is 1. The molecule has 2 aliphatic rings. The van der Waals surface area contributed by atoms with Gasteiger partial charge in [-0.15, -0.1) is 0 Å². The molecule has 0 unspecified atom stereocenters. The van der Waals surface area contributed by atoms with Gasteiger partial charge in [-0.1, -0.05) is 30.3 Å². The Morgan fingerprint density at radius 2 is 1.66 bits per heavy atom. The number of hydrogen-bond donors (Lipinski definition) is 3. The van der Waals surface area contributed by atoms with E-state index in [1.807, 2.05) is 24.3 Å². The molecule has 2 aromatic rings. The Balaban J connectivity index is 1.29. The number of carbonyl (C=O) groups excluding carboxylic acids is 3. The third-order valence-corrected chi connectivity index (χ3v) is 6.49. The molecule has 0 saturated carbocycles. The van der Waals surface area contributed by atoms with Crippen LogP contribution in [0.2, 0.25) is 0 Å². The molecule has 0 atom stereocenters. The standard InChI is InChI=1S/C26H31FN4O4/c1-26(2,35)16-28-23(32)24(33)30-11-9-17(10-12-30)18-7-8-22(21(27)13-18)29-25(34)31-14-19-5-3-4-6-20(19)15-31/h3-8,13,17,35H,9-12,14-16H2,1-2H3,(H,28,32)(H,29,34). The molecule has 0 aliphatic carbocycles. The van der Waals surface area contributed by atoms with Gasteiger partial charge >= 0.3 is 17.8 Å². The second kappa shape index (κ2) is 10.0. The van der Waals surface area contributed by atoms with Crippen molar-refractivity contribution in [2.24, 2.45) is 0 Å². The summed E-state index contributed by atoms with van der Waals surface area (Å²) >= 11 is 0. The summed E-state index contributed by atoms with van der Waals surface area (Å²) in [5, 5.41) is 14.8. The smallest absolute Gasteiger partial charge is 0.322 e. The molecule has 2 heterocycles. The van der Waals surface area contributed by atoms with Crippen LogP contribution >= 0.6 is 0 Å². The van der Waals surface area contributed by atoms with Crippen molar-refractivity contribution >= 4 is 23.5 Å². The van der Waals surface area contributed by atoms with E-state index in [1.54, 1.807) is 30.9 Å². The van der Waals surface area contributed by atoms with E-state index in [4.69, 9.17) is 0 Å². The van der Waals surface area contributed by atoms with Crippen molar-refractivity contribution < 1.29 is 23.9 Å². The number of carbonyl (C=O) groups is 3. The normalized spacial score (nSPS) is 16.1. The van der Waals surface area contributed by atoms with Gasteiger partial charge in [-0.3, -0.25) is 9.59 Å². The molecule has 0 spiro atoms. The number of hydrogen-bond acceptors (Lipinski definition) is 4. The van der Waals surface area contributed by atoms with Crippen LogP contribution in [0.4, 0.5) is 14.9 Å². The van der Waals surface area contributed by atoms with E-state index < -0.39 is 23.2 Å². The molecule has 0 aromatic heterocycles. The Kier molecular flexibility index (Phi) is 7.07. The highest BCUT2D eigenvalue weighted by atomic mass is 19.1. The fourth-order valence-corrected chi connectivity index (χ4v) is 4.49. The van der Waals surface area contributed by atoms with Crippen LogP contribution in [0.15, 0.2) is 42.5 Å². The summed E-state index contributed by atoms with van der Waals surface area (Å²) in [7, 11) is 0. The van der Waals surface area contributed by atoms with Crippen molar-refractivity contribution in [2.45, 2.75) is 51.3 Å². The first-order chi connectivity index (χ1) is 16.6. The van der Waals surface area contributed by atoms with E-state index in [2.05, 4.69) is 10.6 Å². The molecule has 0 bridgehead atoms. The van der Waals surface area contributed by atoms with Gasteiger partial charge < -0.3 is 25.5 Å². The molecule has 35 heavy (non-hydrogen) atoms. The van der Waals surface area contributed by atoms with Crippen LogP contribution < -0.4 is 10.6 Å². The lowest BCUT2D eigenvalue weighted by Crippen LogP contribution is -2.48. The second-order valence-corrected chi connectivity index (χ2v) is 9.86. The molecular formula is C26H31FN4O4. The van der Waals surface area contributed by atoms with Gasteiger partial charge in [0.2, 0.25) is 0 Å². The van der Waals surface area contributed by atoms with Crippen LogP contribution in [0.3, 0.4) is 0 Å². The fourth-order valence-electron chi connectivity index (χ4n) is 4.49. The number of anilines is 1. The number of urea groups is 1. The molecule has 4 amide bonds. The zero-order chi connectivity index (χ0) is 25.2. The lowest BCUT2D eigenvalue weighted by molar-refractivity contribution is -0.147. The first-order valence-electron chi connectivity index (χ1n) is 11.8. The maximum Gasteiger partial charge on any atom is 0.322 e. The SMILES string of the molecule is CC(C)(O)CNC(=O)C(=O)N1CCC(c2ccc(NC(=O)N3Cc4ccccc4C3)c(F)c2)CC1. The molecule has 4 rings (SSSR count). The van der Waals surface area contributed by atoms with Gasteiger partial charge in [-0.2, -0.15) is 0 Å². The van der Waals surface area contributed by atoms with Crippen LogP contribution in [0.1, 0.15) is 49.3 Å². The van der Waals surface area contributed by atoms with Crippen molar-refractivity contribution in [3.05, 3.63) is 65.0 Å². The first kappa shape index (κ1) is 24.7. The van der Waals surface area contributed by atoms with E-state index in [9.17, 15) is 23.9 Å². The Morgan fingerprint density at radius 1 is 1.03 bits per heavy atom.